The fourth-order valence-electron chi connectivity index (χ4n) is 1.40. The largest absolute Gasteiger partial charge is 0.354 e. The van der Waals surface area contributed by atoms with E-state index in [-0.39, 0.29) is 17.6 Å². The van der Waals surface area contributed by atoms with Gasteiger partial charge >= 0.3 is 0 Å². The molecule has 0 aliphatic rings. The van der Waals surface area contributed by atoms with Gasteiger partial charge in [-0.2, -0.15) is 0 Å². The predicted molar refractivity (Wildman–Crippen MR) is 65.9 cm³/mol. The summed E-state index contributed by atoms with van der Waals surface area (Å²) in [6.45, 7) is 4.33. The minimum atomic E-state index is -0.469. The molecule has 0 unspecified atom stereocenters. The topological polar surface area (TPSA) is 55.1 Å². The summed E-state index contributed by atoms with van der Waals surface area (Å²) in [5.74, 6) is -0.262. The van der Waals surface area contributed by atoms with Gasteiger partial charge in [-0.3, -0.25) is 4.79 Å². The van der Waals surface area contributed by atoms with Crippen LogP contribution in [0.3, 0.4) is 0 Å². The molecule has 4 heteroatoms. The highest BCUT2D eigenvalue weighted by Crippen LogP contribution is 2.03. The Labute approximate surface area is 101 Å². The Kier molecular flexibility index (Phi) is 5.10. The standard InChI is InChI=1S/C13H19FN2O/c1-9(2)12(15)13(17)16-8-7-10-3-5-11(14)6-4-10/h3-6,9,12H,7-8,15H2,1-2H3,(H,16,17)/t12-/m1/s1. The van der Waals surface area contributed by atoms with Crippen LogP contribution in [-0.4, -0.2) is 18.5 Å². The van der Waals surface area contributed by atoms with Crippen molar-refractivity contribution in [1.82, 2.24) is 5.32 Å². The van der Waals surface area contributed by atoms with E-state index >= 15 is 0 Å². The minimum Gasteiger partial charge on any atom is -0.354 e. The molecule has 1 atom stereocenters. The van der Waals surface area contributed by atoms with Crippen molar-refractivity contribution in [2.45, 2.75) is 26.3 Å². The lowest BCUT2D eigenvalue weighted by molar-refractivity contribution is -0.123. The van der Waals surface area contributed by atoms with Gasteiger partial charge in [0.2, 0.25) is 5.91 Å². The Balaban J connectivity index is 2.33. The summed E-state index contributed by atoms with van der Waals surface area (Å²) in [5.41, 5.74) is 6.69. The highest BCUT2D eigenvalue weighted by molar-refractivity contribution is 5.81. The Bertz CT molecular complexity index is 362. The molecule has 3 nitrogen and oxygen atoms in total. The highest BCUT2D eigenvalue weighted by Gasteiger charge is 2.16. The molecule has 0 aromatic heterocycles. The first-order chi connectivity index (χ1) is 8.00. The number of benzene rings is 1. The van der Waals surface area contributed by atoms with E-state index in [1.807, 2.05) is 13.8 Å². The van der Waals surface area contributed by atoms with Crippen molar-refractivity contribution < 1.29 is 9.18 Å². The molecule has 0 bridgehead atoms. The van der Waals surface area contributed by atoms with Gasteiger partial charge in [-0.1, -0.05) is 26.0 Å². The maximum Gasteiger partial charge on any atom is 0.237 e. The van der Waals surface area contributed by atoms with Crippen LogP contribution in [0.25, 0.3) is 0 Å². The van der Waals surface area contributed by atoms with Crippen LogP contribution >= 0.6 is 0 Å². The van der Waals surface area contributed by atoms with Crippen LogP contribution in [0.5, 0.6) is 0 Å². The van der Waals surface area contributed by atoms with Crippen LogP contribution in [0.4, 0.5) is 4.39 Å². The Hall–Kier alpha value is -1.42. The Morgan fingerprint density at radius 2 is 1.94 bits per heavy atom. The summed E-state index contributed by atoms with van der Waals surface area (Å²) in [4.78, 5) is 11.5. The molecule has 0 fully saturated rings. The molecule has 0 spiro atoms. The van der Waals surface area contributed by atoms with E-state index in [4.69, 9.17) is 5.73 Å². The third kappa shape index (κ3) is 4.53. The monoisotopic (exact) mass is 238 g/mol. The molecule has 3 N–H and O–H groups in total. The average molecular weight is 238 g/mol. The number of nitrogens with one attached hydrogen (secondary N) is 1. The lowest BCUT2D eigenvalue weighted by atomic mass is 10.0. The summed E-state index contributed by atoms with van der Waals surface area (Å²) >= 11 is 0. The Morgan fingerprint density at radius 3 is 2.47 bits per heavy atom. The summed E-state index contributed by atoms with van der Waals surface area (Å²) in [6, 6.07) is 5.78. The van der Waals surface area contributed by atoms with Crippen molar-refractivity contribution in [3.63, 3.8) is 0 Å². The van der Waals surface area contributed by atoms with Crippen molar-refractivity contribution in [2.24, 2.45) is 11.7 Å². The molecule has 0 radical (unpaired) electrons. The number of hydrogen-bond donors (Lipinski definition) is 2. The minimum absolute atomic E-state index is 0.126. The van der Waals surface area contributed by atoms with Crippen molar-refractivity contribution in [1.29, 1.82) is 0 Å². The quantitative estimate of drug-likeness (QED) is 0.816. The summed E-state index contributed by atoms with van der Waals surface area (Å²) < 4.78 is 12.6. The molecule has 0 aliphatic heterocycles. The average Bonchev–Trinajstić information content (AvgIpc) is 2.30. The maximum atomic E-state index is 12.6. The van der Waals surface area contributed by atoms with Crippen LogP contribution in [0, 0.1) is 11.7 Å². The molecule has 17 heavy (non-hydrogen) atoms. The van der Waals surface area contributed by atoms with Crippen molar-refractivity contribution in [3.8, 4) is 0 Å². The van der Waals surface area contributed by atoms with E-state index in [9.17, 15) is 9.18 Å². The molecule has 0 aliphatic carbocycles. The molecule has 0 heterocycles. The SMILES string of the molecule is CC(C)[C@@H](N)C(=O)NCCc1ccc(F)cc1. The van der Waals surface area contributed by atoms with Gasteiger partial charge in [-0.05, 0) is 30.0 Å². The Morgan fingerprint density at radius 1 is 1.35 bits per heavy atom. The van der Waals surface area contributed by atoms with Gasteiger partial charge in [-0.25, -0.2) is 4.39 Å². The lowest BCUT2D eigenvalue weighted by Gasteiger charge is -2.15. The number of nitrogens with two attached hydrogens (primary N) is 1. The highest BCUT2D eigenvalue weighted by atomic mass is 19.1. The third-order valence-corrected chi connectivity index (χ3v) is 2.65. The second-order valence-corrected chi connectivity index (χ2v) is 4.44. The molecular weight excluding hydrogens is 219 g/mol. The van der Waals surface area contributed by atoms with Gasteiger partial charge < -0.3 is 11.1 Å². The van der Waals surface area contributed by atoms with Gasteiger partial charge in [0.05, 0.1) is 6.04 Å². The first-order valence-electron chi connectivity index (χ1n) is 5.78. The number of rotatable bonds is 5. The van der Waals surface area contributed by atoms with E-state index in [1.165, 1.54) is 12.1 Å². The molecule has 0 saturated carbocycles. The third-order valence-electron chi connectivity index (χ3n) is 2.65. The maximum absolute atomic E-state index is 12.6. The normalized spacial score (nSPS) is 12.5. The van der Waals surface area contributed by atoms with E-state index in [1.54, 1.807) is 12.1 Å². The molecule has 1 aromatic carbocycles. The number of hydrogen-bond acceptors (Lipinski definition) is 2. The van der Waals surface area contributed by atoms with Crippen molar-refractivity contribution in [2.75, 3.05) is 6.54 Å². The van der Waals surface area contributed by atoms with Gasteiger partial charge in [0.15, 0.2) is 0 Å². The smallest absolute Gasteiger partial charge is 0.237 e. The van der Waals surface area contributed by atoms with E-state index in [2.05, 4.69) is 5.32 Å². The zero-order chi connectivity index (χ0) is 12.8. The summed E-state index contributed by atoms with van der Waals surface area (Å²) in [5, 5.41) is 2.77. The zero-order valence-corrected chi connectivity index (χ0v) is 10.2. The van der Waals surface area contributed by atoms with Gasteiger partial charge in [-0.15, -0.1) is 0 Å². The molecule has 1 amide bonds. The van der Waals surface area contributed by atoms with Crippen LogP contribution < -0.4 is 11.1 Å². The summed E-state index contributed by atoms with van der Waals surface area (Å²) in [6.07, 6.45) is 0.677. The fourth-order valence-corrected chi connectivity index (χ4v) is 1.40. The first-order valence-corrected chi connectivity index (χ1v) is 5.78. The van der Waals surface area contributed by atoms with E-state index in [0.717, 1.165) is 5.56 Å². The number of carbonyl (C=O) groups excluding carboxylic acids is 1. The molecule has 1 rings (SSSR count). The van der Waals surface area contributed by atoms with Crippen LogP contribution in [0.15, 0.2) is 24.3 Å². The number of amides is 1. The zero-order valence-electron chi connectivity index (χ0n) is 10.2. The molecular formula is C13H19FN2O. The van der Waals surface area contributed by atoms with Crippen LogP contribution in [0.2, 0.25) is 0 Å². The van der Waals surface area contributed by atoms with Crippen LogP contribution in [0.1, 0.15) is 19.4 Å². The molecule has 0 saturated heterocycles. The molecule has 94 valence electrons. The van der Waals surface area contributed by atoms with E-state index < -0.39 is 6.04 Å². The fraction of sp³-hybridized carbons (Fsp3) is 0.462. The molecule has 1 aromatic rings. The first kappa shape index (κ1) is 13.6. The second-order valence-electron chi connectivity index (χ2n) is 4.44. The summed E-state index contributed by atoms with van der Waals surface area (Å²) in [7, 11) is 0. The van der Waals surface area contributed by atoms with Gasteiger partial charge in [0.25, 0.3) is 0 Å². The van der Waals surface area contributed by atoms with Crippen molar-refractivity contribution >= 4 is 5.91 Å². The predicted octanol–water partition coefficient (Wildman–Crippen LogP) is 1.47. The number of carbonyl (C=O) groups is 1. The van der Waals surface area contributed by atoms with E-state index in [0.29, 0.717) is 13.0 Å². The van der Waals surface area contributed by atoms with Gasteiger partial charge in [0, 0.05) is 6.54 Å². The lowest BCUT2D eigenvalue weighted by Crippen LogP contribution is -2.44. The number of halogens is 1. The van der Waals surface area contributed by atoms with Gasteiger partial charge in [0.1, 0.15) is 5.82 Å². The van der Waals surface area contributed by atoms with Crippen molar-refractivity contribution in [3.05, 3.63) is 35.6 Å². The second kappa shape index (κ2) is 6.35. The van der Waals surface area contributed by atoms with Crippen LogP contribution in [-0.2, 0) is 11.2 Å².